The summed E-state index contributed by atoms with van der Waals surface area (Å²) in [6.07, 6.45) is 2.84. The molecular formula is C15H23N3O4S. The van der Waals surface area contributed by atoms with Crippen LogP contribution in [0.2, 0.25) is 0 Å². The lowest BCUT2D eigenvalue weighted by atomic mass is 9.99. The van der Waals surface area contributed by atoms with E-state index in [1.165, 1.54) is 6.07 Å². The molecule has 23 heavy (non-hydrogen) atoms. The Kier molecular flexibility index (Phi) is 5.26. The van der Waals surface area contributed by atoms with E-state index in [0.29, 0.717) is 12.2 Å². The van der Waals surface area contributed by atoms with Crippen LogP contribution in [0.3, 0.4) is 0 Å². The molecule has 2 heterocycles. The van der Waals surface area contributed by atoms with Gasteiger partial charge in [-0.25, -0.2) is 13.1 Å². The van der Waals surface area contributed by atoms with Crippen LogP contribution in [-0.4, -0.2) is 49.6 Å². The average molecular weight is 341 g/mol. The lowest BCUT2D eigenvalue weighted by molar-refractivity contribution is 0.0783. The smallest absolute Gasteiger partial charge is 0.260 e. The monoisotopic (exact) mass is 341 g/mol. The van der Waals surface area contributed by atoms with Crippen LogP contribution in [0.1, 0.15) is 35.8 Å². The number of carbonyl (C=O) groups excluding carboxylic acids is 1. The number of hydrogen-bond acceptors (Lipinski definition) is 4. The molecule has 0 bridgehead atoms. The number of aromatic nitrogens is 1. The van der Waals surface area contributed by atoms with Gasteiger partial charge in [0.2, 0.25) is 10.0 Å². The van der Waals surface area contributed by atoms with Crippen LogP contribution < -0.4 is 10.3 Å². The first-order valence-corrected chi connectivity index (χ1v) is 9.57. The van der Waals surface area contributed by atoms with E-state index in [1.54, 1.807) is 17.9 Å². The van der Waals surface area contributed by atoms with Gasteiger partial charge in [-0.1, -0.05) is 13.3 Å². The largest absolute Gasteiger partial charge is 0.337 e. The normalized spacial score (nSPS) is 21.6. The van der Waals surface area contributed by atoms with E-state index in [1.807, 2.05) is 6.92 Å². The highest BCUT2D eigenvalue weighted by molar-refractivity contribution is 7.88. The zero-order chi connectivity index (χ0) is 17.2. The number of pyridine rings is 1. The zero-order valence-electron chi connectivity index (χ0n) is 13.6. The van der Waals surface area contributed by atoms with E-state index in [9.17, 15) is 18.0 Å². The molecule has 0 aliphatic carbocycles. The fraction of sp³-hybridized carbons (Fsp3) is 0.600. The van der Waals surface area contributed by atoms with Gasteiger partial charge >= 0.3 is 0 Å². The van der Waals surface area contributed by atoms with Gasteiger partial charge in [0.05, 0.1) is 6.26 Å². The van der Waals surface area contributed by atoms with Gasteiger partial charge in [0.15, 0.2) is 0 Å². The second-order valence-corrected chi connectivity index (χ2v) is 7.92. The Bertz CT molecular complexity index is 741. The first kappa shape index (κ1) is 17.7. The molecule has 1 saturated heterocycles. The Labute approximate surface area is 136 Å². The van der Waals surface area contributed by atoms with E-state index in [0.717, 1.165) is 19.1 Å². The fourth-order valence-electron chi connectivity index (χ4n) is 3.02. The Morgan fingerprint density at radius 1 is 1.39 bits per heavy atom. The molecule has 0 radical (unpaired) electrons. The predicted octanol–water partition coefficient (Wildman–Crippen LogP) is 0.473. The van der Waals surface area contributed by atoms with Crippen molar-refractivity contribution >= 4 is 15.9 Å². The molecule has 1 aliphatic heterocycles. The van der Waals surface area contributed by atoms with Gasteiger partial charge in [-0.2, -0.15) is 0 Å². The number of aryl methyl sites for hydroxylation is 1. The summed E-state index contributed by atoms with van der Waals surface area (Å²) in [4.78, 5) is 28.7. The number of aromatic amines is 1. The molecule has 1 aromatic heterocycles. The Morgan fingerprint density at radius 2 is 2.09 bits per heavy atom. The highest BCUT2D eigenvalue weighted by Crippen LogP contribution is 2.23. The number of nitrogens with zero attached hydrogens (tertiary/aromatic N) is 1. The first-order valence-electron chi connectivity index (χ1n) is 7.67. The number of amides is 1. The van der Waals surface area contributed by atoms with E-state index >= 15 is 0 Å². The quantitative estimate of drug-likeness (QED) is 0.813. The molecule has 2 rings (SSSR count). The molecule has 8 heteroatoms. The summed E-state index contributed by atoms with van der Waals surface area (Å²) in [6.45, 7) is 4.50. The zero-order valence-corrected chi connectivity index (χ0v) is 14.4. The van der Waals surface area contributed by atoms with Crippen LogP contribution in [0, 0.1) is 12.8 Å². The molecule has 1 aliphatic rings. The number of likely N-dealkylation sites (tertiary alicyclic amines) is 1. The van der Waals surface area contributed by atoms with Crippen LogP contribution in [0.25, 0.3) is 0 Å². The summed E-state index contributed by atoms with van der Waals surface area (Å²) < 4.78 is 25.6. The minimum absolute atomic E-state index is 0.0585. The number of H-pyrrole nitrogens is 1. The van der Waals surface area contributed by atoms with Gasteiger partial charge in [0.1, 0.15) is 5.56 Å². The van der Waals surface area contributed by atoms with Crippen LogP contribution in [0.4, 0.5) is 0 Å². The van der Waals surface area contributed by atoms with Gasteiger partial charge in [0, 0.05) is 24.8 Å². The van der Waals surface area contributed by atoms with Crippen molar-refractivity contribution in [3.63, 3.8) is 0 Å². The summed E-state index contributed by atoms with van der Waals surface area (Å²) in [5.41, 5.74) is 0.362. The maximum Gasteiger partial charge on any atom is 0.260 e. The lowest BCUT2D eigenvalue weighted by Crippen LogP contribution is -2.40. The molecule has 1 aromatic rings. The minimum Gasteiger partial charge on any atom is -0.337 e. The van der Waals surface area contributed by atoms with Crippen molar-refractivity contribution in [2.45, 2.75) is 32.7 Å². The minimum atomic E-state index is -3.34. The number of sulfonamides is 1. The van der Waals surface area contributed by atoms with E-state index < -0.39 is 15.6 Å². The molecule has 7 nitrogen and oxygen atoms in total. The Morgan fingerprint density at radius 3 is 2.65 bits per heavy atom. The molecule has 0 saturated carbocycles. The maximum absolute atomic E-state index is 12.6. The van der Waals surface area contributed by atoms with Crippen molar-refractivity contribution in [2.75, 3.05) is 19.3 Å². The Balaban J connectivity index is 2.20. The number of hydrogen-bond donors (Lipinski definition) is 2. The third-order valence-electron chi connectivity index (χ3n) is 4.04. The van der Waals surface area contributed by atoms with Crippen LogP contribution >= 0.6 is 0 Å². The van der Waals surface area contributed by atoms with Gasteiger partial charge in [-0.3, -0.25) is 9.59 Å². The third kappa shape index (κ3) is 4.42. The van der Waals surface area contributed by atoms with Gasteiger partial charge < -0.3 is 9.88 Å². The molecule has 0 unspecified atom stereocenters. The highest BCUT2D eigenvalue weighted by Gasteiger charge is 2.36. The number of nitrogens with one attached hydrogen (secondary N) is 2. The van der Waals surface area contributed by atoms with Gasteiger partial charge in [-0.05, 0) is 31.4 Å². The lowest BCUT2D eigenvalue weighted by Gasteiger charge is -2.17. The summed E-state index contributed by atoms with van der Waals surface area (Å²) in [6, 6.07) is 2.89. The van der Waals surface area contributed by atoms with Crippen molar-refractivity contribution in [1.82, 2.24) is 14.6 Å². The molecule has 0 aromatic carbocycles. The van der Waals surface area contributed by atoms with E-state index in [-0.39, 0.29) is 30.0 Å². The van der Waals surface area contributed by atoms with Gasteiger partial charge in [0.25, 0.3) is 11.5 Å². The molecule has 2 atom stereocenters. The van der Waals surface area contributed by atoms with Crippen molar-refractivity contribution in [1.29, 1.82) is 0 Å². The van der Waals surface area contributed by atoms with E-state index in [2.05, 4.69) is 9.71 Å². The van der Waals surface area contributed by atoms with E-state index in [4.69, 9.17) is 0 Å². The predicted molar refractivity (Wildman–Crippen MR) is 87.9 cm³/mol. The standard InChI is InChI=1S/C15H23N3O4S/c1-4-5-11-8-18(9-13(11)17-23(3,21)22)15(20)12-7-6-10(2)16-14(12)19/h6-7,11,13,17H,4-5,8-9H2,1-3H3,(H,16,19)/t11-,13-/m0/s1. The van der Waals surface area contributed by atoms with Crippen LogP contribution in [0.5, 0.6) is 0 Å². The van der Waals surface area contributed by atoms with Crippen molar-refractivity contribution in [3.8, 4) is 0 Å². The van der Waals surface area contributed by atoms with Gasteiger partial charge in [-0.15, -0.1) is 0 Å². The third-order valence-corrected chi connectivity index (χ3v) is 4.77. The molecule has 1 amide bonds. The molecule has 1 fully saturated rings. The number of carbonyl (C=O) groups is 1. The summed E-state index contributed by atoms with van der Waals surface area (Å²) >= 11 is 0. The maximum atomic E-state index is 12.6. The summed E-state index contributed by atoms with van der Waals surface area (Å²) in [5.74, 6) is -0.298. The van der Waals surface area contributed by atoms with Crippen molar-refractivity contribution in [2.24, 2.45) is 5.92 Å². The highest BCUT2D eigenvalue weighted by atomic mass is 32.2. The topological polar surface area (TPSA) is 99.3 Å². The molecule has 0 spiro atoms. The first-order chi connectivity index (χ1) is 10.7. The fourth-order valence-corrected chi connectivity index (χ4v) is 3.84. The second kappa shape index (κ2) is 6.84. The van der Waals surface area contributed by atoms with Crippen LogP contribution in [-0.2, 0) is 10.0 Å². The van der Waals surface area contributed by atoms with Crippen molar-refractivity contribution in [3.05, 3.63) is 33.7 Å². The molecular weight excluding hydrogens is 318 g/mol. The van der Waals surface area contributed by atoms with Crippen molar-refractivity contribution < 1.29 is 13.2 Å². The van der Waals surface area contributed by atoms with Crippen LogP contribution in [0.15, 0.2) is 16.9 Å². The summed E-state index contributed by atoms with van der Waals surface area (Å²) in [5, 5.41) is 0. The molecule has 128 valence electrons. The Hall–Kier alpha value is -1.67. The number of rotatable bonds is 5. The second-order valence-electron chi connectivity index (χ2n) is 6.14. The SMILES string of the molecule is CCC[C@H]1CN(C(=O)c2ccc(C)[nH]c2=O)C[C@@H]1NS(C)(=O)=O. The average Bonchev–Trinajstić information content (AvgIpc) is 2.79. The molecule has 2 N–H and O–H groups in total. The summed E-state index contributed by atoms with van der Waals surface area (Å²) in [7, 11) is -3.34.